The van der Waals surface area contributed by atoms with Gasteiger partial charge in [-0.2, -0.15) is 5.26 Å². The number of para-hydroxylation sites is 2. The molecule has 0 bridgehead atoms. The molecule has 1 fully saturated rings. The largest absolute Gasteiger partial charge is 0.506 e. The van der Waals surface area contributed by atoms with Crippen molar-refractivity contribution >= 4 is 56.0 Å². The average molecular weight is 477 g/mol. The molecule has 166 valence electrons. The molecular formula is C23H20N6O2S2. The van der Waals surface area contributed by atoms with E-state index in [-0.39, 0.29) is 16.3 Å². The Morgan fingerprint density at radius 2 is 1.85 bits per heavy atom. The summed E-state index contributed by atoms with van der Waals surface area (Å²) in [6.07, 6.45) is 0. The first kappa shape index (κ1) is 21.1. The zero-order chi connectivity index (χ0) is 23.1. The molecule has 10 heteroatoms. The van der Waals surface area contributed by atoms with Gasteiger partial charge >= 0.3 is 0 Å². The molecular weight excluding hydrogens is 456 g/mol. The van der Waals surface area contributed by atoms with E-state index in [4.69, 9.17) is 16.5 Å². The topological polar surface area (TPSA) is 132 Å². The maximum absolute atomic E-state index is 12.0. The molecule has 1 aromatic carbocycles. The van der Waals surface area contributed by atoms with Crippen molar-refractivity contribution in [3.63, 3.8) is 0 Å². The molecule has 1 saturated heterocycles. The van der Waals surface area contributed by atoms with Crippen LogP contribution in [0.5, 0.6) is 5.75 Å². The minimum absolute atomic E-state index is 0.247. The third-order valence-corrected chi connectivity index (χ3v) is 7.76. The van der Waals surface area contributed by atoms with Crippen LogP contribution in [0.3, 0.4) is 0 Å². The highest BCUT2D eigenvalue weighted by atomic mass is 32.1. The van der Waals surface area contributed by atoms with Gasteiger partial charge in [0.15, 0.2) is 0 Å². The van der Waals surface area contributed by atoms with Gasteiger partial charge < -0.3 is 26.4 Å². The van der Waals surface area contributed by atoms with Crippen LogP contribution in [0.2, 0.25) is 0 Å². The van der Waals surface area contributed by atoms with Crippen LogP contribution < -0.4 is 21.3 Å². The quantitative estimate of drug-likeness (QED) is 0.410. The summed E-state index contributed by atoms with van der Waals surface area (Å²) in [5.74, 6) is 0.211. The number of hydrogen-bond donors (Lipinski definition) is 3. The van der Waals surface area contributed by atoms with E-state index in [2.05, 4.69) is 15.9 Å². The lowest BCUT2D eigenvalue weighted by Crippen LogP contribution is -2.47. The molecule has 3 aromatic heterocycles. The standard InChI is InChI=1S/C23H20N6O2S2/c24-12-13-17(16-6-3-11-32-16)18-19(25)20(21(26)31)33-23(18)27-22(13)29-9-7-28(8-10-29)14-4-1-2-5-15(14)30/h1-6,11,30H,7-10,25H2,(H2,26,31). The van der Waals surface area contributed by atoms with Crippen molar-refractivity contribution in [2.75, 3.05) is 41.7 Å². The maximum atomic E-state index is 12.0. The van der Waals surface area contributed by atoms with Gasteiger partial charge in [0.1, 0.15) is 32.9 Å². The number of fused-ring (bicyclic) bond motifs is 1. The summed E-state index contributed by atoms with van der Waals surface area (Å²) in [6, 6.07) is 13.5. The van der Waals surface area contributed by atoms with Crippen LogP contribution in [0.15, 0.2) is 41.8 Å². The average Bonchev–Trinajstić information content (AvgIpc) is 3.47. The minimum Gasteiger partial charge on any atom is -0.506 e. The third-order valence-electron chi connectivity index (χ3n) is 5.76. The number of aromatic hydroxyl groups is 1. The van der Waals surface area contributed by atoms with E-state index >= 15 is 0 Å². The van der Waals surface area contributed by atoms with Gasteiger partial charge in [-0.25, -0.2) is 4.98 Å². The van der Waals surface area contributed by atoms with Gasteiger partial charge in [0.25, 0.3) is 5.91 Å². The molecule has 33 heavy (non-hydrogen) atoms. The first-order valence-corrected chi connectivity index (χ1v) is 12.0. The number of phenols is 1. The van der Waals surface area contributed by atoms with Crippen molar-refractivity contribution in [1.29, 1.82) is 5.26 Å². The summed E-state index contributed by atoms with van der Waals surface area (Å²) in [5.41, 5.74) is 14.0. The second kappa shape index (κ2) is 8.27. The van der Waals surface area contributed by atoms with E-state index in [0.717, 1.165) is 21.9 Å². The Hall–Kier alpha value is -3.81. The highest BCUT2D eigenvalue weighted by Gasteiger charge is 2.28. The first-order valence-electron chi connectivity index (χ1n) is 10.3. The van der Waals surface area contributed by atoms with Gasteiger partial charge in [-0.1, -0.05) is 18.2 Å². The second-order valence-electron chi connectivity index (χ2n) is 7.63. The number of phenolic OH excluding ortho intramolecular Hbond substituents is 1. The second-order valence-corrected chi connectivity index (χ2v) is 9.57. The number of thiophene rings is 2. The van der Waals surface area contributed by atoms with Crippen LogP contribution in [-0.4, -0.2) is 42.2 Å². The van der Waals surface area contributed by atoms with Gasteiger partial charge in [-0.15, -0.1) is 22.7 Å². The lowest BCUT2D eigenvalue weighted by Gasteiger charge is -2.37. The number of amides is 1. The van der Waals surface area contributed by atoms with E-state index in [9.17, 15) is 15.2 Å². The molecule has 0 atom stereocenters. The van der Waals surface area contributed by atoms with Crippen LogP contribution >= 0.6 is 22.7 Å². The molecule has 8 nitrogen and oxygen atoms in total. The molecule has 4 heterocycles. The zero-order valence-electron chi connectivity index (χ0n) is 17.5. The number of carbonyl (C=O) groups is 1. The van der Waals surface area contributed by atoms with Crippen molar-refractivity contribution < 1.29 is 9.90 Å². The fraction of sp³-hybridized carbons (Fsp3) is 0.174. The summed E-state index contributed by atoms with van der Waals surface area (Å²) in [4.78, 5) is 22.7. The smallest absolute Gasteiger partial charge is 0.260 e. The predicted octanol–water partition coefficient (Wildman–Crippen LogP) is 3.61. The molecule has 4 aromatic rings. The lowest BCUT2D eigenvalue weighted by molar-refractivity contribution is 0.100. The molecule has 5 N–H and O–H groups in total. The summed E-state index contributed by atoms with van der Waals surface area (Å²) >= 11 is 2.66. The Bertz CT molecular complexity index is 1400. The van der Waals surface area contributed by atoms with Crippen LogP contribution in [0.4, 0.5) is 17.2 Å². The first-order chi connectivity index (χ1) is 16.0. The summed E-state index contributed by atoms with van der Waals surface area (Å²) in [7, 11) is 0. The summed E-state index contributed by atoms with van der Waals surface area (Å²) in [6.45, 7) is 2.56. The Kier molecular flexibility index (Phi) is 5.28. The number of nitrogens with zero attached hydrogens (tertiary/aromatic N) is 4. The van der Waals surface area contributed by atoms with Gasteiger partial charge in [0.2, 0.25) is 0 Å². The molecule has 1 aliphatic rings. The Morgan fingerprint density at radius 3 is 2.48 bits per heavy atom. The fourth-order valence-electron chi connectivity index (χ4n) is 4.22. The molecule has 0 unspecified atom stereocenters. The Morgan fingerprint density at radius 1 is 1.12 bits per heavy atom. The van der Waals surface area contributed by atoms with Gasteiger partial charge in [0, 0.05) is 42.0 Å². The maximum Gasteiger partial charge on any atom is 0.260 e. The van der Waals surface area contributed by atoms with E-state index in [0.29, 0.717) is 53.3 Å². The predicted molar refractivity (Wildman–Crippen MR) is 133 cm³/mol. The molecule has 0 aliphatic carbocycles. The molecule has 5 rings (SSSR count). The van der Waals surface area contributed by atoms with Gasteiger partial charge in [-0.05, 0) is 23.6 Å². The van der Waals surface area contributed by atoms with Crippen molar-refractivity contribution in [3.05, 3.63) is 52.2 Å². The molecule has 1 amide bonds. The number of nitrogen functional groups attached to an aromatic ring is 1. The SMILES string of the molecule is N#Cc1c(N2CCN(c3ccccc3O)CC2)nc2sc(C(N)=O)c(N)c2c1-c1cccs1. The number of aromatic nitrogens is 1. The molecule has 1 aliphatic heterocycles. The normalized spacial score (nSPS) is 13.9. The number of carbonyl (C=O) groups excluding carboxylic acids is 1. The van der Waals surface area contributed by atoms with Gasteiger partial charge in [-0.3, -0.25) is 4.79 Å². The number of nitrogens with two attached hydrogens (primary N) is 2. The highest BCUT2D eigenvalue weighted by Crippen LogP contribution is 2.45. The number of hydrogen-bond acceptors (Lipinski definition) is 9. The van der Waals surface area contributed by atoms with Crippen LogP contribution in [0.1, 0.15) is 15.2 Å². The van der Waals surface area contributed by atoms with Crippen LogP contribution in [0, 0.1) is 11.3 Å². The van der Waals surface area contributed by atoms with E-state index in [1.54, 1.807) is 12.1 Å². The molecule has 0 spiro atoms. The number of piperazine rings is 1. The van der Waals surface area contributed by atoms with E-state index in [1.165, 1.54) is 11.3 Å². The lowest BCUT2D eigenvalue weighted by atomic mass is 10.0. The number of rotatable bonds is 4. The molecule has 0 saturated carbocycles. The van der Waals surface area contributed by atoms with E-state index in [1.807, 2.05) is 29.6 Å². The Labute approximate surface area is 197 Å². The molecule has 0 radical (unpaired) electrons. The minimum atomic E-state index is -0.607. The van der Waals surface area contributed by atoms with Crippen LogP contribution in [-0.2, 0) is 0 Å². The van der Waals surface area contributed by atoms with Crippen molar-refractivity contribution in [2.45, 2.75) is 0 Å². The van der Waals surface area contributed by atoms with E-state index < -0.39 is 5.91 Å². The monoisotopic (exact) mass is 476 g/mol. The fourth-order valence-corrected chi connectivity index (χ4v) is 5.95. The number of primary amides is 1. The van der Waals surface area contributed by atoms with Crippen molar-refractivity contribution in [1.82, 2.24) is 4.98 Å². The summed E-state index contributed by atoms with van der Waals surface area (Å²) in [5, 5.41) is 22.9. The number of benzene rings is 1. The van der Waals surface area contributed by atoms with Crippen molar-refractivity contribution in [3.8, 4) is 22.3 Å². The van der Waals surface area contributed by atoms with Crippen LogP contribution in [0.25, 0.3) is 20.7 Å². The number of pyridine rings is 1. The highest BCUT2D eigenvalue weighted by molar-refractivity contribution is 7.21. The van der Waals surface area contributed by atoms with Gasteiger partial charge in [0.05, 0.1) is 11.4 Å². The third kappa shape index (κ3) is 3.51. The number of nitriles is 1. The summed E-state index contributed by atoms with van der Waals surface area (Å²) < 4.78 is 0. The van der Waals surface area contributed by atoms with Crippen molar-refractivity contribution in [2.24, 2.45) is 5.73 Å². The zero-order valence-corrected chi connectivity index (χ0v) is 19.1. The Balaban J connectivity index is 1.60. The number of anilines is 3.